The Kier molecular flexibility index (Phi) is 3.73. The Balaban J connectivity index is 2.90. The van der Waals surface area contributed by atoms with Crippen molar-refractivity contribution in [2.24, 2.45) is 0 Å². The Hall–Kier alpha value is -1.21. The lowest BCUT2D eigenvalue weighted by Crippen LogP contribution is -2.44. The molecule has 0 spiro atoms. The van der Waals surface area contributed by atoms with Crippen LogP contribution in [0.25, 0.3) is 0 Å². The maximum atomic E-state index is 11.8. The van der Waals surface area contributed by atoms with E-state index >= 15 is 0 Å². The van der Waals surface area contributed by atoms with Gasteiger partial charge in [-0.3, -0.25) is 4.79 Å². The summed E-state index contributed by atoms with van der Waals surface area (Å²) in [7, 11) is -3.52. The van der Waals surface area contributed by atoms with E-state index in [0.717, 1.165) is 6.26 Å². The molecule has 1 amide bonds. The first-order valence-corrected chi connectivity index (χ1v) is 6.90. The molecule has 8 heteroatoms. The molecule has 94 valence electrons. The van der Waals surface area contributed by atoms with E-state index < -0.39 is 20.5 Å². The minimum Gasteiger partial charge on any atom is -0.308 e. The second-order valence-corrected chi connectivity index (χ2v) is 6.91. The van der Waals surface area contributed by atoms with Gasteiger partial charge >= 0.3 is 0 Å². The minimum atomic E-state index is -3.52. The Morgan fingerprint density at radius 1 is 1.35 bits per heavy atom. The number of nitrogens with one attached hydrogen (secondary N) is 1. The van der Waals surface area contributed by atoms with E-state index in [0.29, 0.717) is 0 Å². The third-order valence-corrected chi connectivity index (χ3v) is 4.57. The van der Waals surface area contributed by atoms with Crippen molar-refractivity contribution in [2.45, 2.75) is 18.6 Å². The molecular formula is C9H12ClN3O3S. The first-order chi connectivity index (χ1) is 7.64. The van der Waals surface area contributed by atoms with Crippen LogP contribution >= 0.6 is 11.6 Å². The van der Waals surface area contributed by atoms with E-state index in [1.165, 1.54) is 26.2 Å². The third-order valence-electron chi connectivity index (χ3n) is 2.34. The quantitative estimate of drug-likeness (QED) is 0.886. The number of halogens is 1. The number of hydrogen-bond donors (Lipinski definition) is 1. The summed E-state index contributed by atoms with van der Waals surface area (Å²) in [5.41, 5.74) is 0. The molecule has 0 fully saturated rings. The Bertz CT molecular complexity index is 525. The average Bonchev–Trinajstić information content (AvgIpc) is 2.19. The molecule has 0 unspecified atom stereocenters. The van der Waals surface area contributed by atoms with Crippen molar-refractivity contribution >= 4 is 33.2 Å². The van der Waals surface area contributed by atoms with Gasteiger partial charge in [0.15, 0.2) is 15.7 Å². The number of nitrogens with zero attached hydrogens (tertiary/aromatic N) is 2. The normalized spacial score (nSPS) is 12.2. The van der Waals surface area contributed by atoms with E-state index in [2.05, 4.69) is 15.3 Å². The van der Waals surface area contributed by atoms with Crippen molar-refractivity contribution in [3.05, 3.63) is 17.5 Å². The van der Waals surface area contributed by atoms with Crippen LogP contribution in [0.15, 0.2) is 12.4 Å². The third kappa shape index (κ3) is 3.13. The van der Waals surface area contributed by atoms with E-state index in [4.69, 9.17) is 11.6 Å². The van der Waals surface area contributed by atoms with Crippen molar-refractivity contribution in [3.63, 3.8) is 0 Å². The second kappa shape index (κ2) is 4.58. The van der Waals surface area contributed by atoms with Crippen molar-refractivity contribution in [3.8, 4) is 0 Å². The summed E-state index contributed by atoms with van der Waals surface area (Å²) >= 11 is 5.53. The summed E-state index contributed by atoms with van der Waals surface area (Å²) in [6.07, 6.45) is 3.50. The number of carbonyl (C=O) groups is 1. The number of aromatic nitrogens is 2. The molecule has 0 aliphatic rings. The van der Waals surface area contributed by atoms with Crippen LogP contribution < -0.4 is 5.32 Å². The van der Waals surface area contributed by atoms with Crippen LogP contribution in [-0.4, -0.2) is 35.3 Å². The molecule has 0 saturated carbocycles. The summed E-state index contributed by atoms with van der Waals surface area (Å²) in [6, 6.07) is 0. The van der Waals surface area contributed by atoms with E-state index in [1.54, 1.807) is 0 Å². The molecule has 1 aromatic heterocycles. The first kappa shape index (κ1) is 13.9. The number of hydrogen-bond acceptors (Lipinski definition) is 5. The van der Waals surface area contributed by atoms with Gasteiger partial charge in [0.25, 0.3) is 0 Å². The maximum Gasteiger partial charge on any atom is 0.246 e. The van der Waals surface area contributed by atoms with Crippen LogP contribution in [0, 0.1) is 0 Å². The molecule has 1 aromatic rings. The second-order valence-electron chi connectivity index (χ2n) is 3.96. The highest BCUT2D eigenvalue weighted by molar-refractivity contribution is 7.92. The van der Waals surface area contributed by atoms with Crippen molar-refractivity contribution < 1.29 is 13.2 Å². The van der Waals surface area contributed by atoms with E-state index in [-0.39, 0.29) is 11.0 Å². The lowest BCUT2D eigenvalue weighted by molar-refractivity contribution is -0.117. The Morgan fingerprint density at radius 3 is 2.35 bits per heavy atom. The van der Waals surface area contributed by atoms with Gasteiger partial charge < -0.3 is 5.32 Å². The molecule has 17 heavy (non-hydrogen) atoms. The van der Waals surface area contributed by atoms with Crippen LogP contribution in [-0.2, 0) is 14.6 Å². The number of rotatable bonds is 3. The van der Waals surface area contributed by atoms with Crippen LogP contribution in [0.1, 0.15) is 13.8 Å². The number of carbonyl (C=O) groups excluding carboxylic acids is 1. The molecule has 0 saturated heterocycles. The highest BCUT2D eigenvalue weighted by Crippen LogP contribution is 2.17. The van der Waals surface area contributed by atoms with Gasteiger partial charge in [-0.2, -0.15) is 0 Å². The van der Waals surface area contributed by atoms with Gasteiger partial charge in [0.2, 0.25) is 5.91 Å². The van der Waals surface area contributed by atoms with Crippen LogP contribution in [0.5, 0.6) is 0 Å². The topological polar surface area (TPSA) is 89.0 Å². The fourth-order valence-corrected chi connectivity index (χ4v) is 1.30. The van der Waals surface area contributed by atoms with Gasteiger partial charge in [0, 0.05) is 6.26 Å². The zero-order valence-electron chi connectivity index (χ0n) is 9.56. The predicted molar refractivity (Wildman–Crippen MR) is 64.6 cm³/mol. The fourth-order valence-electron chi connectivity index (χ4n) is 0.812. The van der Waals surface area contributed by atoms with E-state index in [1.807, 2.05) is 0 Å². The Labute approximate surface area is 104 Å². The molecule has 0 atom stereocenters. The summed E-state index contributed by atoms with van der Waals surface area (Å²) < 4.78 is 21.3. The maximum absolute atomic E-state index is 11.8. The molecule has 0 aromatic carbocycles. The Morgan fingerprint density at radius 2 is 1.94 bits per heavy atom. The molecule has 1 heterocycles. The summed E-state index contributed by atoms with van der Waals surface area (Å²) in [5.74, 6) is -0.521. The average molecular weight is 278 g/mol. The SMILES string of the molecule is CC(C)(C(=O)Nc1cnc(Cl)cn1)S(C)(=O)=O. The molecule has 0 bridgehead atoms. The number of anilines is 1. The predicted octanol–water partition coefficient (Wildman–Crippen LogP) is 0.892. The molecule has 0 aliphatic carbocycles. The molecule has 0 aliphatic heterocycles. The van der Waals surface area contributed by atoms with E-state index in [9.17, 15) is 13.2 Å². The van der Waals surface area contributed by atoms with Gasteiger partial charge in [-0.05, 0) is 13.8 Å². The summed E-state index contributed by atoms with van der Waals surface area (Å²) in [5, 5.41) is 2.55. The largest absolute Gasteiger partial charge is 0.308 e. The van der Waals surface area contributed by atoms with Gasteiger partial charge in [0.1, 0.15) is 9.90 Å². The van der Waals surface area contributed by atoms with Crippen LogP contribution in [0.4, 0.5) is 5.82 Å². The first-order valence-electron chi connectivity index (χ1n) is 4.63. The lowest BCUT2D eigenvalue weighted by Gasteiger charge is -2.20. The zero-order valence-corrected chi connectivity index (χ0v) is 11.1. The van der Waals surface area contributed by atoms with Crippen molar-refractivity contribution in [2.75, 3.05) is 11.6 Å². The summed E-state index contributed by atoms with van der Waals surface area (Å²) in [6.45, 7) is 2.64. The fraction of sp³-hybridized carbons (Fsp3) is 0.444. The van der Waals surface area contributed by atoms with Crippen molar-refractivity contribution in [1.82, 2.24) is 9.97 Å². The highest BCUT2D eigenvalue weighted by atomic mass is 35.5. The molecule has 6 nitrogen and oxygen atoms in total. The van der Waals surface area contributed by atoms with Gasteiger partial charge in [-0.1, -0.05) is 11.6 Å². The van der Waals surface area contributed by atoms with Gasteiger partial charge in [-0.25, -0.2) is 18.4 Å². The smallest absolute Gasteiger partial charge is 0.246 e. The van der Waals surface area contributed by atoms with Crippen LogP contribution in [0.3, 0.4) is 0 Å². The highest BCUT2D eigenvalue weighted by Gasteiger charge is 2.38. The number of amides is 1. The van der Waals surface area contributed by atoms with Crippen molar-refractivity contribution in [1.29, 1.82) is 0 Å². The molecular weight excluding hydrogens is 266 g/mol. The minimum absolute atomic E-state index is 0.149. The van der Waals surface area contributed by atoms with Gasteiger partial charge in [0.05, 0.1) is 12.4 Å². The van der Waals surface area contributed by atoms with Gasteiger partial charge in [-0.15, -0.1) is 0 Å². The van der Waals surface area contributed by atoms with Crippen LogP contribution in [0.2, 0.25) is 5.15 Å². The standard InChI is InChI=1S/C9H12ClN3O3S/c1-9(2,17(3,15)16)8(14)13-7-5-11-6(10)4-12-7/h4-5H,1-3H3,(H,12,13,14). The monoisotopic (exact) mass is 277 g/mol. The number of sulfone groups is 1. The molecule has 1 rings (SSSR count). The summed E-state index contributed by atoms with van der Waals surface area (Å²) in [4.78, 5) is 19.3. The molecule has 1 N–H and O–H groups in total. The molecule has 0 radical (unpaired) electrons. The lowest BCUT2D eigenvalue weighted by atomic mass is 10.2. The zero-order chi connectivity index (χ0) is 13.3.